The van der Waals surface area contributed by atoms with Crippen LogP contribution in [0.5, 0.6) is 0 Å². The van der Waals surface area contributed by atoms with Crippen molar-refractivity contribution in [2.45, 2.75) is 32.7 Å². The summed E-state index contributed by atoms with van der Waals surface area (Å²) >= 11 is 1.59. The number of aromatic nitrogens is 1. The zero-order valence-corrected chi connectivity index (χ0v) is 10.3. The van der Waals surface area contributed by atoms with Crippen molar-refractivity contribution in [1.29, 1.82) is 0 Å². The molecule has 0 aromatic carbocycles. The first kappa shape index (κ1) is 11.4. The van der Waals surface area contributed by atoms with E-state index in [1.165, 1.54) is 6.42 Å². The van der Waals surface area contributed by atoms with Crippen LogP contribution in [0.3, 0.4) is 0 Å². The summed E-state index contributed by atoms with van der Waals surface area (Å²) in [6.07, 6.45) is 3.51. The van der Waals surface area contributed by atoms with Gasteiger partial charge in [-0.2, -0.15) is 0 Å². The lowest BCUT2D eigenvalue weighted by molar-refractivity contribution is 0.186. The number of hydrogen-bond donors (Lipinski definition) is 1. The predicted octanol–water partition coefficient (Wildman–Crippen LogP) is 2.15. The Bertz CT molecular complexity index is 358. The summed E-state index contributed by atoms with van der Waals surface area (Å²) < 4.78 is 0. The minimum absolute atomic E-state index is 0.0625. The van der Waals surface area contributed by atoms with Crippen molar-refractivity contribution in [2.24, 2.45) is 0 Å². The second-order valence-corrected chi connectivity index (χ2v) is 5.01. The number of nitrogens with zero attached hydrogens (tertiary/aromatic N) is 2. The van der Waals surface area contributed by atoms with Crippen molar-refractivity contribution in [1.82, 2.24) is 15.2 Å². The van der Waals surface area contributed by atoms with Crippen LogP contribution in [0.25, 0.3) is 0 Å². The van der Waals surface area contributed by atoms with Gasteiger partial charge in [0.05, 0.1) is 17.7 Å². The molecule has 0 unspecified atom stereocenters. The number of aryl methyl sites for hydroxylation is 1. The molecule has 16 heavy (non-hydrogen) atoms. The number of hydrogen-bond acceptors (Lipinski definition) is 3. The molecule has 88 valence electrons. The molecule has 1 aliphatic heterocycles. The van der Waals surface area contributed by atoms with E-state index >= 15 is 0 Å². The van der Waals surface area contributed by atoms with Gasteiger partial charge in [-0.25, -0.2) is 9.78 Å². The molecule has 1 N–H and O–H groups in total. The molecule has 0 radical (unpaired) electrons. The summed E-state index contributed by atoms with van der Waals surface area (Å²) in [5, 5.41) is 2.95. The highest BCUT2D eigenvalue weighted by Gasteiger charge is 2.16. The van der Waals surface area contributed by atoms with Crippen molar-refractivity contribution in [2.75, 3.05) is 13.1 Å². The Labute approximate surface area is 99.7 Å². The van der Waals surface area contributed by atoms with Gasteiger partial charge >= 0.3 is 6.03 Å². The lowest BCUT2D eigenvalue weighted by Crippen LogP contribution is -2.42. The Morgan fingerprint density at radius 2 is 2.25 bits per heavy atom. The van der Waals surface area contributed by atoms with Crippen LogP contribution in [0.2, 0.25) is 0 Å². The number of carbonyl (C=O) groups is 1. The van der Waals surface area contributed by atoms with Gasteiger partial charge in [0.1, 0.15) is 0 Å². The Morgan fingerprint density at radius 1 is 1.50 bits per heavy atom. The van der Waals surface area contributed by atoms with Gasteiger partial charge in [-0.15, -0.1) is 11.3 Å². The molecule has 1 aliphatic rings. The first-order chi connectivity index (χ1) is 7.77. The lowest BCUT2D eigenvalue weighted by Gasteiger charge is -2.26. The molecular formula is C11H17N3OS. The number of carbonyl (C=O) groups excluding carboxylic acids is 1. The monoisotopic (exact) mass is 239 g/mol. The van der Waals surface area contributed by atoms with Crippen LogP contribution < -0.4 is 5.32 Å². The van der Waals surface area contributed by atoms with Crippen molar-refractivity contribution in [3.05, 3.63) is 16.1 Å². The molecule has 2 amide bonds. The van der Waals surface area contributed by atoms with E-state index in [4.69, 9.17) is 0 Å². The second-order valence-electron chi connectivity index (χ2n) is 4.07. The normalized spacial score (nSPS) is 16.2. The summed E-state index contributed by atoms with van der Waals surface area (Å²) in [6.45, 7) is 4.37. The number of nitrogens with one attached hydrogen (secondary N) is 1. The molecule has 0 bridgehead atoms. The molecule has 1 aromatic rings. The van der Waals surface area contributed by atoms with E-state index in [1.54, 1.807) is 11.3 Å². The van der Waals surface area contributed by atoms with Gasteiger partial charge in [-0.1, -0.05) is 0 Å². The molecule has 1 aromatic heterocycles. The summed E-state index contributed by atoms with van der Waals surface area (Å²) in [5.41, 5.74) is 2.83. The first-order valence-electron chi connectivity index (χ1n) is 5.69. The van der Waals surface area contributed by atoms with Gasteiger partial charge in [-0.05, 0) is 26.2 Å². The first-order valence-corrected chi connectivity index (χ1v) is 6.57. The fourth-order valence-electron chi connectivity index (χ4n) is 1.86. The smallest absolute Gasteiger partial charge is 0.317 e. The summed E-state index contributed by atoms with van der Waals surface area (Å²) in [6, 6.07) is 0.0625. The van der Waals surface area contributed by atoms with E-state index in [0.717, 1.165) is 36.5 Å². The maximum Gasteiger partial charge on any atom is 0.317 e. The molecule has 1 fully saturated rings. The highest BCUT2D eigenvalue weighted by molar-refractivity contribution is 7.09. The Kier molecular flexibility index (Phi) is 3.77. The molecule has 0 spiro atoms. The third kappa shape index (κ3) is 2.72. The van der Waals surface area contributed by atoms with Crippen LogP contribution >= 0.6 is 11.3 Å². The molecule has 0 saturated carbocycles. The SMILES string of the molecule is Cc1ncsc1CNC(=O)N1CCCCC1. The van der Waals surface area contributed by atoms with Gasteiger partial charge in [0.25, 0.3) is 0 Å². The van der Waals surface area contributed by atoms with E-state index in [1.807, 2.05) is 17.3 Å². The van der Waals surface area contributed by atoms with E-state index in [2.05, 4.69) is 10.3 Å². The van der Waals surface area contributed by atoms with Gasteiger partial charge in [0, 0.05) is 18.0 Å². The second kappa shape index (κ2) is 5.30. The van der Waals surface area contributed by atoms with Gasteiger partial charge in [0.2, 0.25) is 0 Å². The van der Waals surface area contributed by atoms with Crippen molar-refractivity contribution in [3.8, 4) is 0 Å². The zero-order chi connectivity index (χ0) is 11.4. The number of amides is 2. The average molecular weight is 239 g/mol. The molecule has 2 rings (SSSR count). The van der Waals surface area contributed by atoms with Crippen molar-refractivity contribution < 1.29 is 4.79 Å². The van der Waals surface area contributed by atoms with Crippen molar-refractivity contribution >= 4 is 17.4 Å². The number of rotatable bonds is 2. The summed E-state index contributed by atoms with van der Waals surface area (Å²) in [4.78, 5) is 19.0. The quantitative estimate of drug-likeness (QED) is 0.859. The number of thiazole rings is 1. The molecular weight excluding hydrogens is 222 g/mol. The maximum atomic E-state index is 11.8. The molecule has 2 heterocycles. The fourth-order valence-corrected chi connectivity index (χ4v) is 2.58. The Hall–Kier alpha value is -1.10. The van der Waals surface area contributed by atoms with Gasteiger partial charge in [0.15, 0.2) is 0 Å². The molecule has 0 aliphatic carbocycles. The predicted molar refractivity (Wildman–Crippen MR) is 64.5 cm³/mol. The standard InChI is InChI=1S/C11H17N3OS/c1-9-10(16-8-13-9)7-12-11(15)14-5-3-2-4-6-14/h8H,2-7H2,1H3,(H,12,15). The third-order valence-electron chi connectivity index (χ3n) is 2.89. The maximum absolute atomic E-state index is 11.8. The molecule has 4 nitrogen and oxygen atoms in total. The van der Waals surface area contributed by atoms with E-state index in [-0.39, 0.29) is 6.03 Å². The Balaban J connectivity index is 1.81. The highest BCUT2D eigenvalue weighted by Crippen LogP contribution is 2.12. The average Bonchev–Trinajstić information content (AvgIpc) is 2.73. The third-order valence-corrected chi connectivity index (χ3v) is 3.82. The zero-order valence-electron chi connectivity index (χ0n) is 9.53. The number of piperidine rings is 1. The Morgan fingerprint density at radius 3 is 2.88 bits per heavy atom. The van der Waals surface area contributed by atoms with Crippen LogP contribution in [0.1, 0.15) is 29.8 Å². The van der Waals surface area contributed by atoms with E-state index in [9.17, 15) is 4.79 Å². The van der Waals surface area contributed by atoms with Crippen LogP contribution in [-0.2, 0) is 6.54 Å². The number of urea groups is 1. The fraction of sp³-hybridized carbons (Fsp3) is 0.636. The van der Waals surface area contributed by atoms with Crippen LogP contribution in [0.4, 0.5) is 4.79 Å². The van der Waals surface area contributed by atoms with Crippen molar-refractivity contribution in [3.63, 3.8) is 0 Å². The minimum atomic E-state index is 0.0625. The van der Waals surface area contributed by atoms with Crippen LogP contribution in [0, 0.1) is 6.92 Å². The highest BCUT2D eigenvalue weighted by atomic mass is 32.1. The molecule has 0 atom stereocenters. The summed E-state index contributed by atoms with van der Waals surface area (Å²) in [5.74, 6) is 0. The van der Waals surface area contributed by atoms with Crippen LogP contribution in [-0.4, -0.2) is 29.0 Å². The summed E-state index contributed by atoms with van der Waals surface area (Å²) in [7, 11) is 0. The molecule has 1 saturated heterocycles. The van der Waals surface area contributed by atoms with E-state index in [0.29, 0.717) is 6.54 Å². The lowest BCUT2D eigenvalue weighted by atomic mass is 10.1. The largest absolute Gasteiger partial charge is 0.333 e. The van der Waals surface area contributed by atoms with Crippen LogP contribution in [0.15, 0.2) is 5.51 Å². The molecule has 5 heteroatoms. The van der Waals surface area contributed by atoms with Gasteiger partial charge < -0.3 is 10.2 Å². The van der Waals surface area contributed by atoms with E-state index < -0.39 is 0 Å². The van der Waals surface area contributed by atoms with Gasteiger partial charge in [-0.3, -0.25) is 0 Å². The number of likely N-dealkylation sites (tertiary alicyclic amines) is 1. The topological polar surface area (TPSA) is 45.2 Å². The minimum Gasteiger partial charge on any atom is -0.333 e.